The maximum absolute atomic E-state index is 13.5. The molecule has 2 aromatic rings. The number of carboxylic acids is 1. The predicted octanol–water partition coefficient (Wildman–Crippen LogP) is 3.23. The minimum atomic E-state index is -1.05. The summed E-state index contributed by atoms with van der Waals surface area (Å²) in [5.41, 5.74) is 0.0867. The van der Waals surface area contributed by atoms with E-state index in [9.17, 15) is 9.18 Å². The van der Waals surface area contributed by atoms with Gasteiger partial charge in [0.15, 0.2) is 5.82 Å². The van der Waals surface area contributed by atoms with Crippen molar-refractivity contribution >= 4 is 33.7 Å². The molecule has 0 atom stereocenters. The van der Waals surface area contributed by atoms with Crippen LogP contribution < -0.4 is 0 Å². The van der Waals surface area contributed by atoms with Gasteiger partial charge in [-0.15, -0.1) is 0 Å². The number of carbonyl (C=O) groups is 1. The first kappa shape index (κ1) is 13.0. The largest absolute Gasteiger partial charge is 0.478 e. The minimum Gasteiger partial charge on any atom is -0.478 e. The van der Waals surface area contributed by atoms with E-state index in [1.807, 2.05) is 0 Å². The highest BCUT2D eigenvalue weighted by Gasteiger charge is 2.09. The normalized spacial score (nSPS) is 10.3. The fourth-order valence-corrected chi connectivity index (χ4v) is 2.15. The van der Waals surface area contributed by atoms with E-state index in [2.05, 4.69) is 25.9 Å². The van der Waals surface area contributed by atoms with Crippen LogP contribution in [0.3, 0.4) is 0 Å². The van der Waals surface area contributed by atoms with Crippen LogP contribution in [0.2, 0.25) is 0 Å². The van der Waals surface area contributed by atoms with Gasteiger partial charge in [0.2, 0.25) is 0 Å². The Morgan fingerprint density at radius 2 is 2.11 bits per heavy atom. The van der Waals surface area contributed by atoms with E-state index >= 15 is 0 Å². The van der Waals surface area contributed by atoms with E-state index in [0.717, 1.165) is 11.8 Å². The summed E-state index contributed by atoms with van der Waals surface area (Å²) in [6.07, 6.45) is 2.71. The van der Waals surface area contributed by atoms with E-state index in [1.54, 1.807) is 0 Å². The fraction of sp³-hybridized carbons (Fsp3) is 0. The van der Waals surface area contributed by atoms with E-state index in [1.165, 1.54) is 30.6 Å². The first-order valence-corrected chi connectivity index (χ1v) is 6.35. The summed E-state index contributed by atoms with van der Waals surface area (Å²) in [5.74, 6) is -1.51. The third-order valence-corrected chi connectivity index (χ3v) is 3.34. The molecule has 2 heterocycles. The molecule has 0 aliphatic heterocycles. The van der Waals surface area contributed by atoms with Gasteiger partial charge in [0.25, 0.3) is 0 Å². The highest BCUT2D eigenvalue weighted by molar-refractivity contribution is 9.10. The molecule has 0 radical (unpaired) electrons. The molecule has 0 aromatic carbocycles. The van der Waals surface area contributed by atoms with Gasteiger partial charge in [-0.1, -0.05) is 0 Å². The topological polar surface area (TPSA) is 63.1 Å². The molecule has 2 aromatic heterocycles. The lowest BCUT2D eigenvalue weighted by atomic mass is 10.3. The number of aromatic carboxylic acids is 1. The van der Waals surface area contributed by atoms with Gasteiger partial charge in [-0.05, 0) is 45.9 Å². The van der Waals surface area contributed by atoms with E-state index in [0.29, 0.717) is 9.50 Å². The van der Waals surface area contributed by atoms with Crippen LogP contribution >= 0.6 is 27.7 Å². The van der Waals surface area contributed by atoms with E-state index < -0.39 is 11.8 Å². The van der Waals surface area contributed by atoms with Crippen LogP contribution in [0, 0.1) is 5.82 Å². The van der Waals surface area contributed by atoms with Crippen LogP contribution in [0.15, 0.2) is 45.1 Å². The molecule has 0 aliphatic rings. The number of hydrogen-bond donors (Lipinski definition) is 1. The van der Waals surface area contributed by atoms with Gasteiger partial charge in [0.1, 0.15) is 10.1 Å². The summed E-state index contributed by atoms with van der Waals surface area (Å²) >= 11 is 4.15. The number of rotatable bonds is 3. The van der Waals surface area contributed by atoms with Gasteiger partial charge in [-0.25, -0.2) is 19.2 Å². The second kappa shape index (κ2) is 5.45. The number of aromatic nitrogens is 2. The van der Waals surface area contributed by atoms with Crippen molar-refractivity contribution in [2.75, 3.05) is 0 Å². The molecule has 0 saturated carbocycles. The molecular weight excluding hydrogens is 323 g/mol. The molecule has 7 heteroatoms. The summed E-state index contributed by atoms with van der Waals surface area (Å²) < 4.78 is 14.1. The number of pyridine rings is 2. The molecule has 18 heavy (non-hydrogen) atoms. The Kier molecular flexibility index (Phi) is 3.93. The number of nitrogens with zero attached hydrogens (tertiary/aromatic N) is 2. The van der Waals surface area contributed by atoms with Crippen LogP contribution in [-0.2, 0) is 0 Å². The standard InChI is InChI=1S/C11H6BrFN2O2S/c12-7-3-8(13)10(15-5-7)18-9-2-1-6(4-14-9)11(16)17/h1-5H,(H,16,17). The zero-order chi connectivity index (χ0) is 13.1. The van der Waals surface area contributed by atoms with Crippen molar-refractivity contribution in [3.63, 3.8) is 0 Å². The molecule has 0 saturated heterocycles. The summed E-state index contributed by atoms with van der Waals surface area (Å²) in [7, 11) is 0. The zero-order valence-corrected chi connectivity index (χ0v) is 11.2. The molecular formula is C11H6BrFN2O2S. The first-order valence-electron chi connectivity index (χ1n) is 4.74. The average Bonchev–Trinajstić information content (AvgIpc) is 2.33. The molecule has 2 rings (SSSR count). The van der Waals surface area contributed by atoms with Crippen LogP contribution in [-0.4, -0.2) is 21.0 Å². The maximum Gasteiger partial charge on any atom is 0.337 e. The second-order valence-corrected chi connectivity index (χ2v) is 5.16. The predicted molar refractivity (Wildman–Crippen MR) is 67.2 cm³/mol. The van der Waals surface area contributed by atoms with Gasteiger partial charge in [0, 0.05) is 16.9 Å². The average molecular weight is 329 g/mol. The molecule has 92 valence electrons. The van der Waals surface area contributed by atoms with Crippen molar-refractivity contribution in [2.45, 2.75) is 10.1 Å². The Morgan fingerprint density at radius 1 is 1.33 bits per heavy atom. The smallest absolute Gasteiger partial charge is 0.337 e. The lowest BCUT2D eigenvalue weighted by molar-refractivity contribution is 0.0696. The van der Waals surface area contributed by atoms with Gasteiger partial charge < -0.3 is 5.11 Å². The summed E-state index contributed by atoms with van der Waals surface area (Å²) in [4.78, 5) is 18.5. The van der Waals surface area contributed by atoms with Crippen molar-refractivity contribution < 1.29 is 14.3 Å². The highest BCUT2D eigenvalue weighted by Crippen LogP contribution is 2.27. The Hall–Kier alpha value is -1.47. The van der Waals surface area contributed by atoms with Crippen molar-refractivity contribution in [3.05, 3.63) is 46.4 Å². The quantitative estimate of drug-likeness (QED) is 0.937. The molecule has 0 fully saturated rings. The molecule has 0 aliphatic carbocycles. The third-order valence-electron chi connectivity index (χ3n) is 1.96. The first-order chi connectivity index (χ1) is 8.56. The Labute approximate surface area is 114 Å². The van der Waals surface area contributed by atoms with Crippen LogP contribution in [0.4, 0.5) is 4.39 Å². The van der Waals surface area contributed by atoms with Gasteiger partial charge in [-0.2, -0.15) is 0 Å². The molecule has 0 amide bonds. The number of carboxylic acid groups (broad SMARTS) is 1. The lowest BCUT2D eigenvalue weighted by Crippen LogP contribution is -1.97. The van der Waals surface area contributed by atoms with Gasteiger partial charge in [0.05, 0.1) is 5.56 Å². The van der Waals surface area contributed by atoms with Crippen molar-refractivity contribution in [3.8, 4) is 0 Å². The fourth-order valence-electron chi connectivity index (χ4n) is 1.14. The van der Waals surface area contributed by atoms with Crippen LogP contribution in [0.1, 0.15) is 10.4 Å². The summed E-state index contributed by atoms with van der Waals surface area (Å²) in [6.45, 7) is 0. The van der Waals surface area contributed by atoms with Gasteiger partial charge in [-0.3, -0.25) is 0 Å². The molecule has 0 unspecified atom stereocenters. The zero-order valence-electron chi connectivity index (χ0n) is 8.80. The SMILES string of the molecule is O=C(O)c1ccc(Sc2ncc(Br)cc2F)nc1. The van der Waals surface area contributed by atoms with Crippen molar-refractivity contribution in [1.82, 2.24) is 9.97 Å². The molecule has 4 nitrogen and oxygen atoms in total. The maximum atomic E-state index is 13.5. The number of hydrogen-bond acceptors (Lipinski definition) is 4. The van der Waals surface area contributed by atoms with E-state index in [4.69, 9.17) is 5.11 Å². The highest BCUT2D eigenvalue weighted by atomic mass is 79.9. The lowest BCUT2D eigenvalue weighted by Gasteiger charge is -2.02. The molecule has 1 N–H and O–H groups in total. The van der Waals surface area contributed by atoms with E-state index in [-0.39, 0.29) is 10.6 Å². The van der Waals surface area contributed by atoms with Crippen molar-refractivity contribution in [2.24, 2.45) is 0 Å². The van der Waals surface area contributed by atoms with Crippen LogP contribution in [0.25, 0.3) is 0 Å². The molecule has 0 spiro atoms. The van der Waals surface area contributed by atoms with Gasteiger partial charge >= 0.3 is 5.97 Å². The van der Waals surface area contributed by atoms with Crippen LogP contribution in [0.5, 0.6) is 0 Å². The second-order valence-electron chi connectivity index (χ2n) is 3.23. The monoisotopic (exact) mass is 328 g/mol. The Balaban J connectivity index is 2.21. The molecule has 0 bridgehead atoms. The summed E-state index contributed by atoms with van der Waals surface area (Å²) in [5, 5.41) is 9.38. The third kappa shape index (κ3) is 3.05. The van der Waals surface area contributed by atoms with Crippen molar-refractivity contribution in [1.29, 1.82) is 0 Å². The Morgan fingerprint density at radius 3 is 2.67 bits per heavy atom. The summed E-state index contributed by atoms with van der Waals surface area (Å²) in [6, 6.07) is 4.23. The minimum absolute atomic E-state index is 0.0867. The number of halogens is 2. The Bertz CT molecular complexity index is 592.